The van der Waals surface area contributed by atoms with Gasteiger partial charge in [0.2, 0.25) is 11.8 Å². The molecule has 1 saturated carbocycles. The van der Waals surface area contributed by atoms with E-state index in [4.69, 9.17) is 0 Å². The lowest BCUT2D eigenvalue weighted by atomic mass is 10.1. The number of carboxylic acids is 1. The fraction of sp³-hybridized carbons (Fsp3) is 0.550. The molecule has 2 fully saturated rings. The SMILES string of the molecule is CC1(C)[C@H](C(=O)Nc2cccc(NC(=O)CN3CCCCC3)c2)[C@@H]1C(=O)O. The number of carbonyl (C=O) groups is 3. The average Bonchev–Trinajstić information content (AvgIpc) is 3.19. The van der Waals surface area contributed by atoms with Gasteiger partial charge in [0.25, 0.3) is 0 Å². The summed E-state index contributed by atoms with van der Waals surface area (Å²) >= 11 is 0. The Morgan fingerprint density at radius 1 is 1.07 bits per heavy atom. The number of nitrogens with one attached hydrogen (secondary N) is 2. The molecule has 1 aliphatic carbocycles. The first-order valence-corrected chi connectivity index (χ1v) is 9.45. The predicted molar refractivity (Wildman–Crippen MR) is 102 cm³/mol. The molecular weight excluding hydrogens is 346 g/mol. The van der Waals surface area contributed by atoms with E-state index in [9.17, 15) is 19.5 Å². The topological polar surface area (TPSA) is 98.7 Å². The van der Waals surface area contributed by atoms with Gasteiger partial charge in [-0.05, 0) is 49.5 Å². The van der Waals surface area contributed by atoms with E-state index in [-0.39, 0.29) is 11.8 Å². The Hall–Kier alpha value is -2.41. The van der Waals surface area contributed by atoms with Gasteiger partial charge in [-0.2, -0.15) is 0 Å². The molecule has 2 atom stereocenters. The number of likely N-dealkylation sites (tertiary alicyclic amines) is 1. The summed E-state index contributed by atoms with van der Waals surface area (Å²) in [5, 5.41) is 14.9. The molecule has 1 aromatic carbocycles. The summed E-state index contributed by atoms with van der Waals surface area (Å²) in [4.78, 5) is 38.1. The van der Waals surface area contributed by atoms with Gasteiger partial charge in [-0.1, -0.05) is 26.3 Å². The zero-order valence-electron chi connectivity index (χ0n) is 15.8. The second-order valence-corrected chi connectivity index (χ2v) is 8.07. The maximum atomic E-state index is 12.4. The zero-order valence-corrected chi connectivity index (χ0v) is 15.8. The molecule has 2 amide bonds. The highest BCUT2D eigenvalue weighted by molar-refractivity contribution is 6.00. The van der Waals surface area contributed by atoms with Crippen LogP contribution in [0.1, 0.15) is 33.1 Å². The highest BCUT2D eigenvalue weighted by atomic mass is 16.4. The van der Waals surface area contributed by atoms with Crippen LogP contribution in [0.3, 0.4) is 0 Å². The standard InChI is InChI=1S/C20H27N3O4/c1-20(2)16(17(20)19(26)27)18(25)22-14-8-6-7-13(11-14)21-15(24)12-23-9-4-3-5-10-23/h6-8,11,16-17H,3-5,9-10,12H2,1-2H3,(H,21,24)(H,22,25)(H,26,27)/t16-,17+/m0/s1. The first kappa shape index (κ1) is 19.4. The zero-order chi connectivity index (χ0) is 19.6. The molecule has 0 spiro atoms. The molecule has 0 bridgehead atoms. The summed E-state index contributed by atoms with van der Waals surface area (Å²) in [6.07, 6.45) is 3.48. The fourth-order valence-corrected chi connectivity index (χ4v) is 4.00. The third kappa shape index (κ3) is 4.47. The number of carbonyl (C=O) groups excluding carboxylic acids is 2. The van der Waals surface area contributed by atoms with E-state index in [2.05, 4.69) is 15.5 Å². The van der Waals surface area contributed by atoms with Crippen LogP contribution < -0.4 is 10.6 Å². The Bertz CT molecular complexity index is 740. The molecule has 7 heteroatoms. The Morgan fingerprint density at radius 3 is 2.30 bits per heavy atom. The minimum Gasteiger partial charge on any atom is -0.481 e. The summed E-state index contributed by atoms with van der Waals surface area (Å²) in [5.74, 6) is -2.53. The molecule has 0 aromatic heterocycles. The van der Waals surface area contributed by atoms with Crippen molar-refractivity contribution in [3.63, 3.8) is 0 Å². The maximum absolute atomic E-state index is 12.4. The van der Waals surface area contributed by atoms with Crippen molar-refractivity contribution < 1.29 is 19.5 Å². The van der Waals surface area contributed by atoms with Gasteiger partial charge in [-0.25, -0.2) is 0 Å². The molecule has 7 nitrogen and oxygen atoms in total. The second-order valence-electron chi connectivity index (χ2n) is 8.07. The lowest BCUT2D eigenvalue weighted by Crippen LogP contribution is -2.36. The van der Waals surface area contributed by atoms with E-state index in [1.165, 1.54) is 6.42 Å². The monoisotopic (exact) mass is 373 g/mol. The number of anilines is 2. The van der Waals surface area contributed by atoms with Crippen LogP contribution in [0.4, 0.5) is 11.4 Å². The molecule has 146 valence electrons. The van der Waals surface area contributed by atoms with Gasteiger partial charge in [0, 0.05) is 11.4 Å². The van der Waals surface area contributed by atoms with E-state index in [1.807, 2.05) is 0 Å². The number of amides is 2. The van der Waals surface area contributed by atoms with Crippen LogP contribution in [-0.4, -0.2) is 47.4 Å². The summed E-state index contributed by atoms with van der Waals surface area (Å²) < 4.78 is 0. The highest BCUT2D eigenvalue weighted by Gasteiger charge is 2.65. The van der Waals surface area contributed by atoms with Crippen molar-refractivity contribution in [2.45, 2.75) is 33.1 Å². The molecular formula is C20H27N3O4. The van der Waals surface area contributed by atoms with Gasteiger partial charge >= 0.3 is 5.97 Å². The number of carboxylic acid groups (broad SMARTS) is 1. The van der Waals surface area contributed by atoms with E-state index >= 15 is 0 Å². The van der Waals surface area contributed by atoms with Crippen molar-refractivity contribution in [2.75, 3.05) is 30.3 Å². The Morgan fingerprint density at radius 2 is 1.70 bits per heavy atom. The molecule has 0 radical (unpaired) electrons. The van der Waals surface area contributed by atoms with Crippen molar-refractivity contribution in [3.05, 3.63) is 24.3 Å². The number of aliphatic carboxylic acids is 1. The van der Waals surface area contributed by atoms with Gasteiger partial charge in [-0.3, -0.25) is 19.3 Å². The van der Waals surface area contributed by atoms with Gasteiger partial charge in [0.1, 0.15) is 0 Å². The van der Waals surface area contributed by atoms with E-state index in [0.29, 0.717) is 17.9 Å². The molecule has 0 unspecified atom stereocenters. The normalized spacial score (nSPS) is 24.1. The number of rotatable bonds is 6. The molecule has 27 heavy (non-hydrogen) atoms. The third-order valence-corrected chi connectivity index (χ3v) is 5.61. The van der Waals surface area contributed by atoms with Crippen molar-refractivity contribution in [3.8, 4) is 0 Å². The Labute approximate surface area is 159 Å². The largest absolute Gasteiger partial charge is 0.481 e. The quantitative estimate of drug-likeness (QED) is 0.711. The third-order valence-electron chi connectivity index (χ3n) is 5.61. The molecule has 3 rings (SSSR count). The van der Waals surface area contributed by atoms with Crippen LogP contribution >= 0.6 is 0 Å². The van der Waals surface area contributed by atoms with Gasteiger partial charge in [-0.15, -0.1) is 0 Å². The lowest BCUT2D eigenvalue weighted by molar-refractivity contribution is -0.140. The molecule has 1 aliphatic heterocycles. The fourth-order valence-electron chi connectivity index (χ4n) is 4.00. The Kier molecular flexibility index (Phi) is 5.51. The number of hydrogen-bond acceptors (Lipinski definition) is 4. The van der Waals surface area contributed by atoms with E-state index < -0.39 is 23.2 Å². The Balaban J connectivity index is 1.56. The number of benzene rings is 1. The van der Waals surface area contributed by atoms with Crippen LogP contribution in [0.2, 0.25) is 0 Å². The summed E-state index contributed by atoms with van der Waals surface area (Å²) in [6, 6.07) is 6.93. The number of hydrogen-bond donors (Lipinski definition) is 3. The van der Waals surface area contributed by atoms with Crippen LogP contribution in [0.25, 0.3) is 0 Å². The smallest absolute Gasteiger partial charge is 0.307 e. The number of piperidine rings is 1. The molecule has 3 N–H and O–H groups in total. The van der Waals surface area contributed by atoms with Crippen molar-refractivity contribution >= 4 is 29.2 Å². The first-order chi connectivity index (χ1) is 12.8. The second kappa shape index (κ2) is 7.68. The van der Waals surface area contributed by atoms with E-state index in [0.717, 1.165) is 25.9 Å². The van der Waals surface area contributed by atoms with Gasteiger partial charge in [0.15, 0.2) is 0 Å². The van der Waals surface area contributed by atoms with Crippen molar-refractivity contribution in [2.24, 2.45) is 17.3 Å². The van der Waals surface area contributed by atoms with Crippen LogP contribution in [0, 0.1) is 17.3 Å². The first-order valence-electron chi connectivity index (χ1n) is 9.45. The van der Waals surface area contributed by atoms with Crippen LogP contribution in [0.15, 0.2) is 24.3 Å². The van der Waals surface area contributed by atoms with Crippen LogP contribution in [0.5, 0.6) is 0 Å². The predicted octanol–water partition coefficient (Wildman–Crippen LogP) is 2.41. The molecule has 1 saturated heterocycles. The summed E-state index contributed by atoms with van der Waals surface area (Å²) in [6.45, 7) is 5.84. The molecule has 1 heterocycles. The minimum atomic E-state index is -0.945. The average molecular weight is 373 g/mol. The minimum absolute atomic E-state index is 0.0744. The molecule has 1 aromatic rings. The van der Waals surface area contributed by atoms with Crippen molar-refractivity contribution in [1.82, 2.24) is 4.90 Å². The highest BCUT2D eigenvalue weighted by Crippen LogP contribution is 2.58. The maximum Gasteiger partial charge on any atom is 0.307 e. The number of nitrogens with zero attached hydrogens (tertiary/aromatic N) is 1. The van der Waals surface area contributed by atoms with Gasteiger partial charge in [0.05, 0.1) is 18.4 Å². The van der Waals surface area contributed by atoms with Gasteiger partial charge < -0.3 is 15.7 Å². The van der Waals surface area contributed by atoms with Crippen molar-refractivity contribution in [1.29, 1.82) is 0 Å². The van der Waals surface area contributed by atoms with Crippen LogP contribution in [-0.2, 0) is 14.4 Å². The summed E-state index contributed by atoms with van der Waals surface area (Å²) in [7, 11) is 0. The van der Waals surface area contributed by atoms with E-state index in [1.54, 1.807) is 38.1 Å². The lowest BCUT2D eigenvalue weighted by Gasteiger charge is -2.25. The summed E-state index contributed by atoms with van der Waals surface area (Å²) in [5.41, 5.74) is 0.609. The molecule has 2 aliphatic rings.